The number of nitrogens with one attached hydrogen (secondary N) is 1. The Balaban J connectivity index is 1.67. The molecule has 0 aliphatic carbocycles. The summed E-state index contributed by atoms with van der Waals surface area (Å²) in [5, 5.41) is 4.16. The largest absolute Gasteiger partial charge is 0.279 e. The summed E-state index contributed by atoms with van der Waals surface area (Å²) < 4.78 is 0. The van der Waals surface area contributed by atoms with Gasteiger partial charge in [0.1, 0.15) is 0 Å². The van der Waals surface area contributed by atoms with Crippen molar-refractivity contribution in [3.63, 3.8) is 0 Å². The molecule has 0 saturated heterocycles. The zero-order valence-electron chi connectivity index (χ0n) is 11.3. The van der Waals surface area contributed by atoms with Crippen molar-refractivity contribution in [2.75, 3.05) is 5.43 Å². The summed E-state index contributed by atoms with van der Waals surface area (Å²) in [5.74, 6) is 0.712. The highest BCUT2D eigenvalue weighted by molar-refractivity contribution is 5.79. The molecule has 3 aromatic rings. The highest BCUT2D eigenvalue weighted by Gasteiger charge is 1.99. The first-order valence-electron chi connectivity index (χ1n) is 6.63. The Bertz CT molecular complexity index is 707. The maximum absolute atomic E-state index is 4.34. The van der Waals surface area contributed by atoms with Gasteiger partial charge < -0.3 is 0 Å². The number of hydrogen-bond donors (Lipinski definition) is 1. The van der Waals surface area contributed by atoms with Crippen molar-refractivity contribution in [1.82, 2.24) is 9.97 Å². The lowest BCUT2D eigenvalue weighted by Gasteiger charge is -2.00. The minimum atomic E-state index is 0.712. The molecule has 0 fully saturated rings. The molecule has 1 heterocycles. The van der Waals surface area contributed by atoms with Gasteiger partial charge in [0.05, 0.1) is 11.9 Å². The monoisotopic (exact) mass is 274 g/mol. The van der Waals surface area contributed by atoms with Crippen LogP contribution >= 0.6 is 0 Å². The van der Waals surface area contributed by atoms with E-state index in [0.717, 1.165) is 16.8 Å². The second kappa shape index (κ2) is 6.43. The predicted molar refractivity (Wildman–Crippen MR) is 85.1 cm³/mol. The highest BCUT2D eigenvalue weighted by Crippen LogP contribution is 2.12. The number of hydrazone groups is 1. The lowest BCUT2D eigenvalue weighted by Crippen LogP contribution is -1.94. The molecule has 0 atom stereocenters. The molecule has 21 heavy (non-hydrogen) atoms. The number of para-hydroxylation sites is 1. The third-order valence-corrected chi connectivity index (χ3v) is 2.88. The van der Waals surface area contributed by atoms with E-state index in [1.54, 1.807) is 18.6 Å². The fraction of sp³-hybridized carbons (Fsp3) is 0. The minimum absolute atomic E-state index is 0.712. The SMILES string of the molecule is C(=NNc1ccccc1)c1cnc(-c2ccccc2)nc1. The van der Waals surface area contributed by atoms with E-state index >= 15 is 0 Å². The number of nitrogens with zero attached hydrogens (tertiary/aromatic N) is 3. The molecular weight excluding hydrogens is 260 g/mol. The summed E-state index contributed by atoms with van der Waals surface area (Å²) in [6.45, 7) is 0. The van der Waals surface area contributed by atoms with Crippen molar-refractivity contribution in [2.45, 2.75) is 0 Å². The maximum Gasteiger partial charge on any atom is 0.159 e. The Morgan fingerprint density at radius 2 is 1.43 bits per heavy atom. The van der Waals surface area contributed by atoms with E-state index in [-0.39, 0.29) is 0 Å². The molecule has 1 aromatic heterocycles. The van der Waals surface area contributed by atoms with Gasteiger partial charge in [0, 0.05) is 23.5 Å². The lowest BCUT2D eigenvalue weighted by molar-refractivity contribution is 1.17. The van der Waals surface area contributed by atoms with Crippen LogP contribution in [0, 0.1) is 0 Å². The lowest BCUT2D eigenvalue weighted by atomic mass is 10.2. The van der Waals surface area contributed by atoms with Gasteiger partial charge in [-0.1, -0.05) is 48.5 Å². The average Bonchev–Trinajstić information content (AvgIpc) is 2.57. The van der Waals surface area contributed by atoms with E-state index < -0.39 is 0 Å². The number of rotatable bonds is 4. The molecule has 0 bridgehead atoms. The molecule has 102 valence electrons. The Morgan fingerprint density at radius 1 is 0.810 bits per heavy atom. The van der Waals surface area contributed by atoms with Gasteiger partial charge in [-0.05, 0) is 12.1 Å². The summed E-state index contributed by atoms with van der Waals surface area (Å²) >= 11 is 0. The Hall–Kier alpha value is -3.01. The minimum Gasteiger partial charge on any atom is -0.279 e. The molecule has 0 radical (unpaired) electrons. The van der Waals surface area contributed by atoms with Crippen LogP contribution in [-0.2, 0) is 0 Å². The zero-order valence-corrected chi connectivity index (χ0v) is 11.3. The Morgan fingerprint density at radius 3 is 2.10 bits per heavy atom. The zero-order chi connectivity index (χ0) is 14.3. The molecule has 4 heteroatoms. The molecule has 0 spiro atoms. The third kappa shape index (κ3) is 3.51. The van der Waals surface area contributed by atoms with E-state index in [4.69, 9.17) is 0 Å². The van der Waals surface area contributed by atoms with Crippen LogP contribution < -0.4 is 5.43 Å². The van der Waals surface area contributed by atoms with Gasteiger partial charge >= 0.3 is 0 Å². The quantitative estimate of drug-likeness (QED) is 0.584. The molecule has 3 rings (SSSR count). The topological polar surface area (TPSA) is 50.2 Å². The first-order chi connectivity index (χ1) is 10.4. The van der Waals surface area contributed by atoms with Crippen molar-refractivity contribution in [3.8, 4) is 11.4 Å². The third-order valence-electron chi connectivity index (χ3n) is 2.88. The maximum atomic E-state index is 4.34. The van der Waals surface area contributed by atoms with Crippen molar-refractivity contribution in [1.29, 1.82) is 0 Å². The molecule has 0 aliphatic rings. The van der Waals surface area contributed by atoms with Gasteiger partial charge in [0.2, 0.25) is 0 Å². The van der Waals surface area contributed by atoms with E-state index in [9.17, 15) is 0 Å². The Labute approximate surface area is 123 Å². The second-order valence-corrected chi connectivity index (χ2v) is 4.44. The second-order valence-electron chi connectivity index (χ2n) is 4.44. The van der Waals surface area contributed by atoms with Crippen LogP contribution in [0.4, 0.5) is 5.69 Å². The summed E-state index contributed by atoms with van der Waals surface area (Å²) in [7, 11) is 0. The van der Waals surface area contributed by atoms with Crippen molar-refractivity contribution in [3.05, 3.63) is 78.6 Å². The van der Waals surface area contributed by atoms with Crippen LogP contribution in [0.25, 0.3) is 11.4 Å². The van der Waals surface area contributed by atoms with Crippen molar-refractivity contribution >= 4 is 11.9 Å². The van der Waals surface area contributed by atoms with Crippen molar-refractivity contribution in [2.24, 2.45) is 5.10 Å². The fourth-order valence-electron chi connectivity index (χ4n) is 1.84. The number of benzene rings is 2. The molecule has 0 amide bonds. The van der Waals surface area contributed by atoms with Crippen LogP contribution in [0.15, 0.2) is 78.2 Å². The van der Waals surface area contributed by atoms with Gasteiger partial charge in [-0.15, -0.1) is 0 Å². The summed E-state index contributed by atoms with van der Waals surface area (Å²) in [4.78, 5) is 8.69. The first-order valence-corrected chi connectivity index (χ1v) is 6.63. The van der Waals surface area contributed by atoms with Crippen LogP contribution in [-0.4, -0.2) is 16.2 Å². The first kappa shape index (κ1) is 13.0. The molecule has 0 saturated carbocycles. The van der Waals surface area contributed by atoms with Crippen LogP contribution in [0.3, 0.4) is 0 Å². The predicted octanol–water partition coefficient (Wildman–Crippen LogP) is 3.59. The van der Waals surface area contributed by atoms with Gasteiger partial charge in [0.25, 0.3) is 0 Å². The number of aromatic nitrogens is 2. The smallest absolute Gasteiger partial charge is 0.159 e. The number of hydrogen-bond acceptors (Lipinski definition) is 4. The highest BCUT2D eigenvalue weighted by atomic mass is 15.3. The summed E-state index contributed by atoms with van der Waals surface area (Å²) in [6, 6.07) is 19.7. The molecule has 2 aromatic carbocycles. The van der Waals surface area contributed by atoms with Crippen LogP contribution in [0.5, 0.6) is 0 Å². The van der Waals surface area contributed by atoms with E-state index in [0.29, 0.717) is 5.82 Å². The Kier molecular flexibility index (Phi) is 3.98. The molecular formula is C17H14N4. The molecule has 0 unspecified atom stereocenters. The normalized spacial score (nSPS) is 10.7. The van der Waals surface area contributed by atoms with Crippen LogP contribution in [0.1, 0.15) is 5.56 Å². The standard InChI is InChI=1S/C17H14N4/c1-3-7-15(8-4-1)17-18-11-14(12-19-17)13-20-21-16-9-5-2-6-10-16/h1-13,21H. The van der Waals surface area contributed by atoms with Crippen molar-refractivity contribution < 1.29 is 0 Å². The van der Waals surface area contributed by atoms with E-state index in [1.165, 1.54) is 0 Å². The van der Waals surface area contributed by atoms with E-state index in [1.807, 2.05) is 60.7 Å². The summed E-state index contributed by atoms with van der Waals surface area (Å²) in [5.41, 5.74) is 5.74. The number of anilines is 1. The molecule has 0 aliphatic heterocycles. The van der Waals surface area contributed by atoms with Gasteiger partial charge in [-0.2, -0.15) is 5.10 Å². The van der Waals surface area contributed by atoms with Crippen LogP contribution in [0.2, 0.25) is 0 Å². The fourth-order valence-corrected chi connectivity index (χ4v) is 1.84. The average molecular weight is 274 g/mol. The summed E-state index contributed by atoms with van der Waals surface area (Å²) in [6.07, 6.45) is 5.21. The van der Waals surface area contributed by atoms with Gasteiger partial charge in [0.15, 0.2) is 5.82 Å². The van der Waals surface area contributed by atoms with Gasteiger partial charge in [-0.25, -0.2) is 9.97 Å². The van der Waals surface area contributed by atoms with Gasteiger partial charge in [-0.3, -0.25) is 5.43 Å². The van der Waals surface area contributed by atoms with E-state index in [2.05, 4.69) is 20.5 Å². The molecule has 4 nitrogen and oxygen atoms in total. The molecule has 1 N–H and O–H groups in total.